The molecule has 0 spiro atoms. The standard InChI is InChI=1S/C27H23Cl2NO6S/c1-14(2)36-21(31)11-15-6-8-17(9-7-15)30-23(20-5-4-10-37-20)22(25(33)27(30)34)24(32)16-12-18(28)26(35-3)19(29)13-16/h4-10,12-14,23,32H,11H2,1-3H3/b24-22-. The van der Waals surface area contributed by atoms with Gasteiger partial charge in [-0.3, -0.25) is 19.3 Å². The van der Waals surface area contributed by atoms with E-state index >= 15 is 0 Å². The zero-order valence-electron chi connectivity index (χ0n) is 20.2. The van der Waals surface area contributed by atoms with E-state index in [4.69, 9.17) is 32.7 Å². The molecule has 0 saturated carbocycles. The maximum absolute atomic E-state index is 13.3. The molecule has 7 nitrogen and oxygen atoms in total. The fraction of sp³-hybridized carbons (Fsp3) is 0.222. The number of methoxy groups -OCH3 is 1. The van der Waals surface area contributed by atoms with Gasteiger partial charge in [0.05, 0.1) is 35.3 Å². The molecule has 1 aliphatic rings. The Morgan fingerprint density at radius 2 is 1.76 bits per heavy atom. The van der Waals surface area contributed by atoms with Crippen molar-refractivity contribution in [2.24, 2.45) is 0 Å². The number of benzene rings is 2. The van der Waals surface area contributed by atoms with Crippen molar-refractivity contribution in [3.8, 4) is 5.75 Å². The van der Waals surface area contributed by atoms with Crippen molar-refractivity contribution < 1.29 is 29.0 Å². The zero-order valence-corrected chi connectivity index (χ0v) is 22.5. The number of carbonyl (C=O) groups excluding carboxylic acids is 3. The molecule has 0 bridgehead atoms. The topological polar surface area (TPSA) is 93.1 Å². The number of hydrogen-bond donors (Lipinski definition) is 1. The van der Waals surface area contributed by atoms with Gasteiger partial charge in [-0.2, -0.15) is 0 Å². The van der Waals surface area contributed by atoms with Crippen LogP contribution in [0.4, 0.5) is 5.69 Å². The number of Topliss-reactive ketones (excluding diaryl/α,β-unsaturated/α-hetero) is 1. The normalized spacial score (nSPS) is 16.9. The van der Waals surface area contributed by atoms with Gasteiger partial charge >= 0.3 is 5.97 Å². The van der Waals surface area contributed by atoms with Crippen LogP contribution in [-0.4, -0.2) is 36.0 Å². The minimum atomic E-state index is -0.878. The second-order valence-electron chi connectivity index (χ2n) is 8.54. The molecule has 2 heterocycles. The first kappa shape index (κ1) is 26.7. The third-order valence-electron chi connectivity index (χ3n) is 5.66. The minimum Gasteiger partial charge on any atom is -0.507 e. The number of aliphatic hydroxyl groups excluding tert-OH is 1. The van der Waals surface area contributed by atoms with Crippen LogP contribution in [0.3, 0.4) is 0 Å². The number of anilines is 1. The van der Waals surface area contributed by atoms with E-state index in [1.54, 1.807) is 50.2 Å². The third-order valence-corrected chi connectivity index (χ3v) is 7.15. The van der Waals surface area contributed by atoms with Crippen molar-refractivity contribution in [1.82, 2.24) is 0 Å². The Bertz CT molecular complexity index is 1360. The van der Waals surface area contributed by atoms with Gasteiger partial charge < -0.3 is 14.6 Å². The molecule has 1 amide bonds. The first-order valence-electron chi connectivity index (χ1n) is 11.3. The van der Waals surface area contributed by atoms with E-state index in [0.29, 0.717) is 16.1 Å². The van der Waals surface area contributed by atoms with Crippen molar-refractivity contribution in [1.29, 1.82) is 0 Å². The molecule has 0 aliphatic carbocycles. The number of nitrogens with zero attached hydrogens (tertiary/aromatic N) is 1. The average Bonchev–Trinajstić information content (AvgIpc) is 3.45. The summed E-state index contributed by atoms with van der Waals surface area (Å²) in [5.74, 6) is -2.17. The van der Waals surface area contributed by atoms with Crippen LogP contribution in [0.5, 0.6) is 5.75 Å². The molecule has 10 heteroatoms. The Kier molecular flexibility index (Phi) is 7.92. The molecule has 37 heavy (non-hydrogen) atoms. The SMILES string of the molecule is COc1c(Cl)cc(/C(O)=C2/C(=O)C(=O)N(c3ccc(CC(=O)OC(C)C)cc3)C2c2cccs2)cc1Cl. The molecule has 1 unspecified atom stereocenters. The van der Waals surface area contributed by atoms with Gasteiger partial charge in [0.1, 0.15) is 11.8 Å². The molecular weight excluding hydrogens is 537 g/mol. The molecule has 4 rings (SSSR count). The molecule has 192 valence electrons. The van der Waals surface area contributed by atoms with Gasteiger partial charge in [-0.05, 0) is 55.1 Å². The highest BCUT2D eigenvalue weighted by atomic mass is 35.5. The van der Waals surface area contributed by atoms with Gasteiger partial charge in [-0.25, -0.2) is 0 Å². The Balaban J connectivity index is 1.77. The predicted octanol–water partition coefficient (Wildman–Crippen LogP) is 6.18. The molecule has 2 aromatic carbocycles. The van der Waals surface area contributed by atoms with Crippen LogP contribution in [0.1, 0.15) is 35.9 Å². The molecule has 1 aliphatic heterocycles. The Morgan fingerprint density at radius 3 is 2.30 bits per heavy atom. The number of rotatable bonds is 7. The van der Waals surface area contributed by atoms with Gasteiger partial charge in [-0.1, -0.05) is 41.4 Å². The van der Waals surface area contributed by atoms with Gasteiger partial charge in [0.2, 0.25) is 0 Å². The highest BCUT2D eigenvalue weighted by molar-refractivity contribution is 7.10. The van der Waals surface area contributed by atoms with E-state index in [1.165, 1.54) is 35.5 Å². The molecule has 1 N–H and O–H groups in total. The van der Waals surface area contributed by atoms with Crippen LogP contribution >= 0.6 is 34.5 Å². The fourth-order valence-electron chi connectivity index (χ4n) is 4.11. The maximum Gasteiger partial charge on any atom is 0.310 e. The summed E-state index contributed by atoms with van der Waals surface area (Å²) < 4.78 is 10.4. The van der Waals surface area contributed by atoms with Crippen LogP contribution in [0.15, 0.2) is 59.5 Å². The lowest BCUT2D eigenvalue weighted by molar-refractivity contribution is -0.146. The van der Waals surface area contributed by atoms with Crippen LogP contribution in [0, 0.1) is 0 Å². The third kappa shape index (κ3) is 5.37. The lowest BCUT2D eigenvalue weighted by Crippen LogP contribution is -2.29. The average molecular weight is 560 g/mol. The maximum atomic E-state index is 13.3. The van der Waals surface area contributed by atoms with Gasteiger partial charge in [0.15, 0.2) is 5.75 Å². The largest absolute Gasteiger partial charge is 0.507 e. The van der Waals surface area contributed by atoms with E-state index in [2.05, 4.69) is 0 Å². The second-order valence-corrected chi connectivity index (χ2v) is 10.3. The van der Waals surface area contributed by atoms with Crippen LogP contribution in [-0.2, 0) is 25.5 Å². The number of amides is 1. The van der Waals surface area contributed by atoms with Crippen LogP contribution in [0.2, 0.25) is 10.0 Å². The highest BCUT2D eigenvalue weighted by Crippen LogP contribution is 2.45. The van der Waals surface area contributed by atoms with E-state index in [1.807, 2.05) is 5.38 Å². The van der Waals surface area contributed by atoms with Crippen molar-refractivity contribution in [2.75, 3.05) is 12.0 Å². The molecular formula is C27H23Cl2NO6S. The summed E-state index contributed by atoms with van der Waals surface area (Å²) in [6, 6.07) is 12.3. The number of ether oxygens (including phenoxy) is 2. The van der Waals surface area contributed by atoms with Crippen LogP contribution < -0.4 is 9.64 Å². The number of carbonyl (C=O) groups is 3. The summed E-state index contributed by atoms with van der Waals surface area (Å²) in [5, 5.41) is 13.4. The van der Waals surface area contributed by atoms with E-state index in [-0.39, 0.29) is 45.4 Å². The van der Waals surface area contributed by atoms with Gasteiger partial charge in [0, 0.05) is 16.1 Å². The monoisotopic (exact) mass is 559 g/mol. The van der Waals surface area contributed by atoms with E-state index < -0.39 is 23.5 Å². The first-order valence-corrected chi connectivity index (χ1v) is 12.9. The minimum absolute atomic E-state index is 0.0740. The van der Waals surface area contributed by atoms with Crippen LogP contribution in [0.25, 0.3) is 5.76 Å². The predicted molar refractivity (Wildman–Crippen MR) is 143 cm³/mol. The fourth-order valence-corrected chi connectivity index (χ4v) is 5.57. The lowest BCUT2D eigenvalue weighted by atomic mass is 9.99. The summed E-state index contributed by atoms with van der Waals surface area (Å²) in [7, 11) is 1.41. The van der Waals surface area contributed by atoms with E-state index in [9.17, 15) is 19.5 Å². The van der Waals surface area contributed by atoms with Crippen molar-refractivity contribution in [2.45, 2.75) is 32.4 Å². The zero-order chi connectivity index (χ0) is 26.9. The lowest BCUT2D eigenvalue weighted by Gasteiger charge is -2.24. The Labute approximate surface area is 227 Å². The van der Waals surface area contributed by atoms with Crippen molar-refractivity contribution >= 4 is 63.6 Å². The number of hydrogen-bond acceptors (Lipinski definition) is 7. The van der Waals surface area contributed by atoms with Gasteiger partial charge in [0.25, 0.3) is 11.7 Å². The molecule has 1 saturated heterocycles. The number of esters is 1. The van der Waals surface area contributed by atoms with E-state index in [0.717, 1.165) is 0 Å². The molecule has 0 radical (unpaired) electrons. The summed E-state index contributed by atoms with van der Waals surface area (Å²) in [4.78, 5) is 40.6. The Morgan fingerprint density at radius 1 is 1.11 bits per heavy atom. The molecule has 1 atom stereocenters. The number of thiophene rings is 1. The number of ketones is 1. The summed E-state index contributed by atoms with van der Waals surface area (Å²) in [6.07, 6.45) is -0.148. The van der Waals surface area contributed by atoms with Gasteiger partial charge in [-0.15, -0.1) is 11.3 Å². The second kappa shape index (κ2) is 11.0. The summed E-state index contributed by atoms with van der Waals surface area (Å²) in [6.45, 7) is 3.55. The molecule has 1 aromatic heterocycles. The van der Waals surface area contributed by atoms with Crippen molar-refractivity contribution in [3.05, 3.63) is 85.5 Å². The molecule has 3 aromatic rings. The Hall–Kier alpha value is -3.33. The number of halogens is 2. The quantitative estimate of drug-likeness (QED) is 0.161. The smallest absolute Gasteiger partial charge is 0.310 e. The highest BCUT2D eigenvalue weighted by Gasteiger charge is 2.47. The summed E-state index contributed by atoms with van der Waals surface area (Å²) in [5.41, 5.74) is 1.22. The first-order chi connectivity index (χ1) is 17.6. The molecule has 1 fully saturated rings. The summed E-state index contributed by atoms with van der Waals surface area (Å²) >= 11 is 13.9. The van der Waals surface area contributed by atoms with Crippen molar-refractivity contribution in [3.63, 3.8) is 0 Å². The number of aliphatic hydroxyl groups is 1.